The van der Waals surface area contributed by atoms with Crippen LogP contribution in [0.4, 0.5) is 29.2 Å². The van der Waals surface area contributed by atoms with Crippen LogP contribution in [0.1, 0.15) is 22.7 Å². The van der Waals surface area contributed by atoms with Crippen LogP contribution in [-0.2, 0) is 17.7 Å². The topological polar surface area (TPSA) is 134 Å². The Labute approximate surface area is 215 Å². The third-order valence-electron chi connectivity index (χ3n) is 5.70. The molecule has 0 spiro atoms. The summed E-state index contributed by atoms with van der Waals surface area (Å²) in [6.45, 7) is 1.12. The lowest BCUT2D eigenvalue weighted by molar-refractivity contribution is -0.274. The van der Waals surface area contributed by atoms with E-state index < -0.39 is 18.2 Å². The van der Waals surface area contributed by atoms with Crippen molar-refractivity contribution in [1.82, 2.24) is 9.97 Å². The van der Waals surface area contributed by atoms with Crippen LogP contribution in [0.25, 0.3) is 0 Å². The molecule has 0 aliphatic carbocycles. The number of nitrogens with two attached hydrogens (primary N) is 1. The zero-order valence-electron chi connectivity index (χ0n) is 20.0. The fourth-order valence-corrected chi connectivity index (χ4v) is 3.97. The molecule has 4 rings (SSSR count). The number of benzene rings is 2. The number of morpholine rings is 1. The molecule has 0 amide bonds. The number of aromatic nitrogens is 2. The molecule has 14 heteroatoms. The Kier molecular flexibility index (Phi) is 8.31. The molecule has 0 bridgehead atoms. The number of nitrogens with zero attached hydrogens (tertiary/aromatic N) is 5. The second-order valence-electron chi connectivity index (χ2n) is 8.27. The van der Waals surface area contributed by atoms with E-state index in [0.717, 1.165) is 11.1 Å². The molecule has 3 aromatic rings. The van der Waals surface area contributed by atoms with Crippen LogP contribution in [0.3, 0.4) is 0 Å². The average molecular weight is 533 g/mol. The van der Waals surface area contributed by atoms with Gasteiger partial charge in [0.25, 0.3) is 0 Å². The van der Waals surface area contributed by atoms with Gasteiger partial charge in [-0.3, -0.25) is 5.41 Å². The lowest BCUT2D eigenvalue weighted by Crippen LogP contribution is -2.40. The van der Waals surface area contributed by atoms with Crippen LogP contribution < -0.4 is 20.8 Å². The Bertz CT molecular complexity index is 1270. The molecule has 2 heterocycles. The highest BCUT2D eigenvalue weighted by molar-refractivity contribution is 5.81. The van der Waals surface area contributed by atoms with E-state index in [9.17, 15) is 13.2 Å². The first-order valence-electron chi connectivity index (χ1n) is 11.4. The highest BCUT2D eigenvalue weighted by atomic mass is 19.4. The van der Waals surface area contributed by atoms with Crippen molar-refractivity contribution in [2.24, 2.45) is 16.2 Å². The molecule has 0 saturated carbocycles. The number of rotatable bonds is 8. The van der Waals surface area contributed by atoms with Crippen molar-refractivity contribution in [1.29, 1.82) is 5.41 Å². The van der Waals surface area contributed by atoms with Crippen LogP contribution >= 0.6 is 0 Å². The van der Waals surface area contributed by atoms with Crippen molar-refractivity contribution >= 4 is 17.5 Å². The zero-order valence-corrected chi connectivity index (χ0v) is 20.0. The third kappa shape index (κ3) is 6.91. The first kappa shape index (κ1) is 26.7. The smallest absolute Gasteiger partial charge is 0.406 e. The summed E-state index contributed by atoms with van der Waals surface area (Å²) in [6.07, 6.45) is -3.27. The van der Waals surface area contributed by atoms with Crippen molar-refractivity contribution < 1.29 is 27.0 Å². The molecule has 10 nitrogen and oxygen atoms in total. The number of amidine groups is 1. The molecule has 1 fully saturated rings. The number of alkyl halides is 3. The van der Waals surface area contributed by atoms with Gasteiger partial charge >= 0.3 is 6.36 Å². The summed E-state index contributed by atoms with van der Waals surface area (Å²) in [5, 5.41) is 17.2. The molecule has 1 saturated heterocycles. The third-order valence-corrected chi connectivity index (χ3v) is 5.70. The molecule has 200 valence electrons. The Morgan fingerprint density at radius 3 is 2.53 bits per heavy atom. The van der Waals surface area contributed by atoms with E-state index >= 15 is 4.39 Å². The Morgan fingerprint density at radius 1 is 1.13 bits per heavy atom. The van der Waals surface area contributed by atoms with Crippen LogP contribution in [0.15, 0.2) is 65.2 Å². The predicted octanol–water partition coefficient (Wildman–Crippen LogP) is 4.55. The molecule has 38 heavy (non-hydrogen) atoms. The normalized spacial score (nSPS) is 16.0. The average Bonchev–Trinajstić information content (AvgIpc) is 2.89. The summed E-state index contributed by atoms with van der Waals surface area (Å²) in [7, 11) is 0. The number of nitrogens with one attached hydrogen (secondary N) is 2. The van der Waals surface area contributed by atoms with Gasteiger partial charge in [-0.2, -0.15) is 4.39 Å². The van der Waals surface area contributed by atoms with Crippen LogP contribution in [-0.4, -0.2) is 41.9 Å². The fourth-order valence-electron chi connectivity index (χ4n) is 3.97. The Hall–Kier alpha value is -4.33. The number of halogens is 4. The van der Waals surface area contributed by atoms with E-state index in [2.05, 4.69) is 30.4 Å². The van der Waals surface area contributed by atoms with Gasteiger partial charge in [0.2, 0.25) is 5.82 Å². The van der Waals surface area contributed by atoms with Gasteiger partial charge in [0.1, 0.15) is 17.9 Å². The molecule has 1 aromatic heterocycles. The second-order valence-corrected chi connectivity index (χ2v) is 8.27. The van der Waals surface area contributed by atoms with Gasteiger partial charge in [0.05, 0.1) is 19.3 Å². The van der Waals surface area contributed by atoms with Gasteiger partial charge < -0.3 is 25.5 Å². The minimum absolute atomic E-state index is 0.00313. The number of hydrogen-bond donors (Lipinski definition) is 3. The molecule has 1 aliphatic rings. The summed E-state index contributed by atoms with van der Waals surface area (Å²) in [4.78, 5) is 9.87. The van der Waals surface area contributed by atoms with E-state index in [1.54, 1.807) is 4.90 Å². The van der Waals surface area contributed by atoms with Crippen LogP contribution in [0.5, 0.6) is 5.75 Å². The quantitative estimate of drug-likeness (QED) is 0.0968. The van der Waals surface area contributed by atoms with E-state index in [-0.39, 0.29) is 42.8 Å². The Morgan fingerprint density at radius 2 is 1.84 bits per heavy atom. The molecule has 1 atom stereocenters. The van der Waals surface area contributed by atoms with E-state index in [4.69, 9.17) is 16.0 Å². The van der Waals surface area contributed by atoms with E-state index in [0.29, 0.717) is 18.7 Å². The zero-order chi connectivity index (χ0) is 27.1. The van der Waals surface area contributed by atoms with Crippen molar-refractivity contribution in [3.63, 3.8) is 0 Å². The van der Waals surface area contributed by atoms with Crippen LogP contribution in [0, 0.1) is 11.2 Å². The van der Waals surface area contributed by atoms with Gasteiger partial charge in [-0.05, 0) is 28.8 Å². The van der Waals surface area contributed by atoms with Gasteiger partial charge in [0, 0.05) is 19.5 Å². The first-order chi connectivity index (χ1) is 18.2. The molecule has 0 radical (unpaired) electrons. The summed E-state index contributed by atoms with van der Waals surface area (Å²) < 4.78 is 62.5. The SMILES string of the molecule is N=C(Cc1ccc(CNc2ncnc(N3CCOCC3c3ccc(OC(F)(F)F)cc3)c2F)cc1)N=NN. The summed E-state index contributed by atoms with van der Waals surface area (Å²) in [5.74, 6) is 4.03. The molecule has 2 aromatic carbocycles. The van der Waals surface area contributed by atoms with Crippen LogP contribution in [0.2, 0.25) is 0 Å². The largest absolute Gasteiger partial charge is 0.573 e. The number of ether oxygens (including phenoxy) is 2. The second kappa shape index (κ2) is 11.8. The number of hydrogen-bond acceptors (Lipinski definition) is 8. The minimum atomic E-state index is -4.79. The van der Waals surface area contributed by atoms with Gasteiger partial charge in [0.15, 0.2) is 11.6 Å². The molecule has 1 aliphatic heterocycles. The van der Waals surface area contributed by atoms with E-state index in [1.165, 1.54) is 30.6 Å². The van der Waals surface area contributed by atoms with Gasteiger partial charge in [-0.25, -0.2) is 9.97 Å². The monoisotopic (exact) mass is 532 g/mol. The standard InChI is InChI=1S/C24H24F4N8O2/c25-21-22(31-12-16-3-1-15(2-4-16)11-20(29)34-35-30)32-14-33-23(21)36-9-10-37-13-19(36)17-5-7-18(8-6-17)38-24(26,27)28/h1-8,14,19H,9-13H2,(H3,29,30,34)(H,31,32,33). The minimum Gasteiger partial charge on any atom is -0.406 e. The highest BCUT2D eigenvalue weighted by Crippen LogP contribution is 2.33. The van der Waals surface area contributed by atoms with Crippen molar-refractivity contribution in [3.8, 4) is 5.75 Å². The van der Waals surface area contributed by atoms with Gasteiger partial charge in [-0.15, -0.1) is 18.3 Å². The summed E-state index contributed by atoms with van der Waals surface area (Å²) in [6, 6.07) is 12.2. The van der Waals surface area contributed by atoms with Crippen molar-refractivity contribution in [2.45, 2.75) is 25.4 Å². The van der Waals surface area contributed by atoms with Crippen molar-refractivity contribution in [3.05, 3.63) is 77.4 Å². The molecule has 1 unspecified atom stereocenters. The Balaban J connectivity index is 1.46. The first-order valence-corrected chi connectivity index (χ1v) is 11.4. The molecular weight excluding hydrogens is 508 g/mol. The maximum absolute atomic E-state index is 15.5. The summed E-state index contributed by atoms with van der Waals surface area (Å²) >= 11 is 0. The maximum atomic E-state index is 15.5. The fraction of sp³-hybridized carbons (Fsp3) is 0.292. The predicted molar refractivity (Wildman–Crippen MR) is 130 cm³/mol. The summed E-state index contributed by atoms with van der Waals surface area (Å²) in [5.41, 5.74) is 2.32. The van der Waals surface area contributed by atoms with E-state index in [1.807, 2.05) is 24.3 Å². The lowest BCUT2D eigenvalue weighted by atomic mass is 10.0. The van der Waals surface area contributed by atoms with Crippen molar-refractivity contribution in [2.75, 3.05) is 30.0 Å². The number of anilines is 2. The highest BCUT2D eigenvalue weighted by Gasteiger charge is 2.32. The molecule has 4 N–H and O–H groups in total. The maximum Gasteiger partial charge on any atom is 0.573 e. The van der Waals surface area contributed by atoms with Gasteiger partial charge in [-0.1, -0.05) is 41.6 Å². The molecular formula is C24H24F4N8O2. The lowest BCUT2D eigenvalue weighted by Gasteiger charge is -2.37.